The highest BCUT2D eigenvalue weighted by atomic mass is 16.5. The van der Waals surface area contributed by atoms with Gasteiger partial charge < -0.3 is 15.4 Å². The second-order valence-corrected chi connectivity index (χ2v) is 5.98. The molecule has 1 aromatic carbocycles. The van der Waals surface area contributed by atoms with Crippen molar-refractivity contribution >= 4 is 11.6 Å². The first-order valence-electron chi connectivity index (χ1n) is 8.49. The normalized spacial score (nSPS) is 18.0. The molecule has 1 atom stereocenters. The van der Waals surface area contributed by atoms with Crippen molar-refractivity contribution in [3.8, 4) is 5.75 Å². The van der Waals surface area contributed by atoms with Gasteiger partial charge in [0.2, 0.25) is 5.91 Å². The summed E-state index contributed by atoms with van der Waals surface area (Å²) in [4.78, 5) is 11.8. The van der Waals surface area contributed by atoms with Gasteiger partial charge in [-0.15, -0.1) is 0 Å². The molecule has 0 saturated carbocycles. The van der Waals surface area contributed by atoms with Crippen molar-refractivity contribution in [2.45, 2.75) is 46.0 Å². The molecule has 1 unspecified atom stereocenters. The van der Waals surface area contributed by atoms with Crippen molar-refractivity contribution < 1.29 is 9.53 Å². The molecule has 4 nitrogen and oxygen atoms in total. The minimum absolute atomic E-state index is 0.0488. The van der Waals surface area contributed by atoms with Crippen molar-refractivity contribution in [3.63, 3.8) is 0 Å². The van der Waals surface area contributed by atoms with E-state index in [1.807, 2.05) is 19.9 Å². The quantitative estimate of drug-likeness (QED) is 0.812. The summed E-state index contributed by atoms with van der Waals surface area (Å²) >= 11 is 0. The maximum atomic E-state index is 11.8. The molecule has 122 valence electrons. The molecule has 4 heteroatoms. The summed E-state index contributed by atoms with van der Waals surface area (Å²) in [6.07, 6.45) is 5.00. The third kappa shape index (κ3) is 5.02. The van der Waals surface area contributed by atoms with Crippen molar-refractivity contribution in [2.24, 2.45) is 5.92 Å². The van der Waals surface area contributed by atoms with E-state index < -0.39 is 0 Å². The topological polar surface area (TPSA) is 50.4 Å². The summed E-state index contributed by atoms with van der Waals surface area (Å²) in [6.45, 7) is 6.81. The third-order valence-corrected chi connectivity index (χ3v) is 4.02. The Hall–Kier alpha value is -1.55. The maximum Gasteiger partial charge on any atom is 0.224 e. The van der Waals surface area contributed by atoms with Crippen LogP contribution in [0.15, 0.2) is 18.2 Å². The van der Waals surface area contributed by atoms with Crippen LogP contribution < -0.4 is 15.4 Å². The van der Waals surface area contributed by atoms with Crippen LogP contribution >= 0.6 is 0 Å². The lowest BCUT2D eigenvalue weighted by molar-refractivity contribution is -0.116. The summed E-state index contributed by atoms with van der Waals surface area (Å²) in [5.41, 5.74) is 2.07. The molecule has 22 heavy (non-hydrogen) atoms. The lowest BCUT2D eigenvalue weighted by Crippen LogP contribution is -2.30. The van der Waals surface area contributed by atoms with Gasteiger partial charge in [0.25, 0.3) is 0 Å². The summed E-state index contributed by atoms with van der Waals surface area (Å²) in [5, 5.41) is 6.41. The molecule has 0 spiro atoms. The van der Waals surface area contributed by atoms with E-state index in [-0.39, 0.29) is 5.91 Å². The highest BCUT2D eigenvalue weighted by molar-refractivity contribution is 5.92. The monoisotopic (exact) mass is 304 g/mol. The molecule has 1 saturated heterocycles. The van der Waals surface area contributed by atoms with Gasteiger partial charge in [0, 0.05) is 6.42 Å². The fourth-order valence-corrected chi connectivity index (χ4v) is 2.94. The molecule has 1 fully saturated rings. The van der Waals surface area contributed by atoms with Gasteiger partial charge in [-0.25, -0.2) is 0 Å². The average Bonchev–Trinajstić information content (AvgIpc) is 2.51. The van der Waals surface area contributed by atoms with Crippen molar-refractivity contribution in [2.75, 3.05) is 25.0 Å². The zero-order chi connectivity index (χ0) is 15.8. The van der Waals surface area contributed by atoms with Gasteiger partial charge >= 0.3 is 0 Å². The lowest BCUT2D eigenvalue weighted by Gasteiger charge is -2.23. The van der Waals surface area contributed by atoms with Gasteiger partial charge in [-0.3, -0.25) is 4.79 Å². The second-order valence-electron chi connectivity index (χ2n) is 5.98. The summed E-state index contributed by atoms with van der Waals surface area (Å²) in [7, 11) is 0. The standard InChI is InChI=1S/C18H28N2O2/c1-3-6-18(21)20-16-9-8-14(12-17(16)22-4-2)11-15-7-5-10-19-13-15/h8-9,12,15,19H,3-7,10-11,13H2,1-2H3,(H,20,21). The first kappa shape index (κ1) is 16.8. The Morgan fingerprint density at radius 2 is 2.27 bits per heavy atom. The number of carbonyl (C=O) groups is 1. The number of nitrogens with one attached hydrogen (secondary N) is 2. The molecule has 0 aliphatic carbocycles. The Morgan fingerprint density at radius 1 is 1.41 bits per heavy atom. The Kier molecular flexibility index (Phi) is 6.72. The van der Waals surface area contributed by atoms with Gasteiger partial charge in [-0.2, -0.15) is 0 Å². The fourth-order valence-electron chi connectivity index (χ4n) is 2.94. The van der Waals surface area contributed by atoms with E-state index in [1.54, 1.807) is 0 Å². The second kappa shape index (κ2) is 8.79. The van der Waals surface area contributed by atoms with Gasteiger partial charge in [-0.1, -0.05) is 13.0 Å². The molecule has 0 radical (unpaired) electrons. The van der Waals surface area contributed by atoms with E-state index in [4.69, 9.17) is 4.74 Å². The molecular weight excluding hydrogens is 276 g/mol. The van der Waals surface area contributed by atoms with Gasteiger partial charge in [0.15, 0.2) is 0 Å². The van der Waals surface area contributed by atoms with E-state index in [2.05, 4.69) is 22.8 Å². The number of hydrogen-bond donors (Lipinski definition) is 2. The summed E-state index contributed by atoms with van der Waals surface area (Å²) in [6, 6.07) is 6.17. The van der Waals surface area contributed by atoms with Crippen molar-refractivity contribution in [1.29, 1.82) is 0 Å². The number of benzene rings is 1. The van der Waals surface area contributed by atoms with Gasteiger partial charge in [0.1, 0.15) is 5.75 Å². The zero-order valence-electron chi connectivity index (χ0n) is 13.8. The van der Waals surface area contributed by atoms with Crippen molar-refractivity contribution in [1.82, 2.24) is 5.32 Å². The molecule has 0 aromatic heterocycles. The number of hydrogen-bond acceptors (Lipinski definition) is 3. The smallest absolute Gasteiger partial charge is 0.224 e. The van der Waals surface area contributed by atoms with Crippen LogP contribution in [0.3, 0.4) is 0 Å². The molecule has 1 amide bonds. The SMILES string of the molecule is CCCC(=O)Nc1ccc(CC2CCCNC2)cc1OCC. The largest absolute Gasteiger partial charge is 0.492 e. The van der Waals surface area contributed by atoms with Crippen molar-refractivity contribution in [3.05, 3.63) is 23.8 Å². The van der Waals surface area contributed by atoms with Gasteiger partial charge in [-0.05, 0) is 69.3 Å². The molecule has 2 N–H and O–H groups in total. The van der Waals surface area contributed by atoms with Crippen LogP contribution in [0.5, 0.6) is 5.75 Å². The third-order valence-electron chi connectivity index (χ3n) is 4.02. The number of piperidine rings is 1. The molecular formula is C18H28N2O2. The summed E-state index contributed by atoms with van der Waals surface area (Å²) in [5.74, 6) is 1.53. The van der Waals surface area contributed by atoms with Gasteiger partial charge in [0.05, 0.1) is 12.3 Å². The number of amides is 1. The highest BCUT2D eigenvalue weighted by Gasteiger charge is 2.15. The first-order valence-corrected chi connectivity index (χ1v) is 8.49. The van der Waals surface area contributed by atoms with Crippen LogP contribution in [0.4, 0.5) is 5.69 Å². The predicted molar refractivity (Wildman–Crippen MR) is 90.4 cm³/mol. The molecule has 1 heterocycles. The van der Waals surface area contributed by atoms with Crippen LogP contribution in [0.2, 0.25) is 0 Å². The minimum Gasteiger partial charge on any atom is -0.492 e. The Labute approximate surface area is 133 Å². The number of anilines is 1. The molecule has 1 aromatic rings. The zero-order valence-corrected chi connectivity index (χ0v) is 13.8. The molecule has 1 aliphatic rings. The number of ether oxygens (including phenoxy) is 1. The van der Waals surface area contributed by atoms with Crippen LogP contribution in [0.25, 0.3) is 0 Å². The fraction of sp³-hybridized carbons (Fsp3) is 0.611. The average molecular weight is 304 g/mol. The van der Waals surface area contributed by atoms with Crippen LogP contribution in [-0.4, -0.2) is 25.6 Å². The highest BCUT2D eigenvalue weighted by Crippen LogP contribution is 2.28. The Bertz CT molecular complexity index is 482. The van der Waals surface area contributed by atoms with E-state index >= 15 is 0 Å². The van der Waals surface area contributed by atoms with Crippen LogP contribution in [0, 0.1) is 5.92 Å². The number of carbonyl (C=O) groups excluding carboxylic acids is 1. The summed E-state index contributed by atoms with van der Waals surface area (Å²) < 4.78 is 5.72. The first-order chi connectivity index (χ1) is 10.7. The lowest BCUT2D eigenvalue weighted by atomic mass is 9.92. The number of rotatable bonds is 7. The molecule has 2 rings (SSSR count). The van der Waals surface area contributed by atoms with Crippen LogP contribution in [0.1, 0.15) is 45.1 Å². The van der Waals surface area contributed by atoms with E-state index in [0.29, 0.717) is 18.9 Å². The van der Waals surface area contributed by atoms with Crippen LogP contribution in [-0.2, 0) is 11.2 Å². The van der Waals surface area contributed by atoms with E-state index in [9.17, 15) is 4.79 Å². The van der Waals surface area contributed by atoms with E-state index in [0.717, 1.165) is 37.4 Å². The Morgan fingerprint density at radius 3 is 2.95 bits per heavy atom. The molecule has 1 aliphatic heterocycles. The predicted octanol–water partition coefficient (Wildman–Crippen LogP) is 3.37. The minimum atomic E-state index is 0.0488. The Balaban J connectivity index is 2.06. The molecule has 0 bridgehead atoms. The van der Waals surface area contributed by atoms with E-state index in [1.165, 1.54) is 18.4 Å². The maximum absolute atomic E-state index is 11.8.